The second-order valence-corrected chi connectivity index (χ2v) is 5.95. The molecule has 23 heavy (non-hydrogen) atoms. The summed E-state index contributed by atoms with van der Waals surface area (Å²) in [4.78, 5) is 22.9. The molecule has 0 aliphatic heterocycles. The maximum atomic E-state index is 12.1. The highest BCUT2D eigenvalue weighted by molar-refractivity contribution is 9.10. The van der Waals surface area contributed by atoms with E-state index in [9.17, 15) is 9.59 Å². The third-order valence-corrected chi connectivity index (χ3v) is 4.67. The first-order chi connectivity index (χ1) is 10.8. The van der Waals surface area contributed by atoms with Crippen molar-refractivity contribution in [1.29, 1.82) is 0 Å². The minimum atomic E-state index is -1.12. The topological polar surface area (TPSA) is 102 Å². The van der Waals surface area contributed by atoms with Gasteiger partial charge in [-0.2, -0.15) is 10.2 Å². The molecule has 0 spiro atoms. The Balaban J connectivity index is 1.91. The molecule has 0 aliphatic carbocycles. The van der Waals surface area contributed by atoms with Gasteiger partial charge in [-0.15, -0.1) is 0 Å². The van der Waals surface area contributed by atoms with Gasteiger partial charge in [-0.3, -0.25) is 14.2 Å². The summed E-state index contributed by atoms with van der Waals surface area (Å²) in [7, 11) is 0. The molecule has 9 heteroatoms. The van der Waals surface area contributed by atoms with E-state index >= 15 is 0 Å². The monoisotopic (exact) mass is 383 g/mol. The molecule has 2 heterocycles. The SMILES string of the molecule is Cc1nn(CCNC(=O)C(C)n2ccc(C(=O)O)n2)c(C)c1Br. The minimum Gasteiger partial charge on any atom is -0.476 e. The number of carbonyl (C=O) groups excluding carboxylic acids is 1. The molecule has 124 valence electrons. The van der Waals surface area contributed by atoms with E-state index in [2.05, 4.69) is 31.4 Å². The molecule has 2 N–H and O–H groups in total. The predicted molar refractivity (Wildman–Crippen MR) is 86.3 cm³/mol. The lowest BCUT2D eigenvalue weighted by Gasteiger charge is -2.13. The number of amides is 1. The molecule has 2 aromatic heterocycles. The Morgan fingerprint density at radius 3 is 2.61 bits per heavy atom. The molecule has 0 radical (unpaired) electrons. The highest BCUT2D eigenvalue weighted by Gasteiger charge is 2.17. The fourth-order valence-electron chi connectivity index (χ4n) is 2.11. The molecule has 2 rings (SSSR count). The zero-order chi connectivity index (χ0) is 17.1. The molecule has 0 aromatic carbocycles. The molecule has 8 nitrogen and oxygen atoms in total. The van der Waals surface area contributed by atoms with Crippen molar-refractivity contribution in [2.75, 3.05) is 6.54 Å². The number of hydrogen-bond donors (Lipinski definition) is 2. The van der Waals surface area contributed by atoms with Gasteiger partial charge < -0.3 is 10.4 Å². The molecule has 1 unspecified atom stereocenters. The quantitative estimate of drug-likeness (QED) is 0.787. The van der Waals surface area contributed by atoms with E-state index in [0.717, 1.165) is 15.9 Å². The standard InChI is InChI=1S/C14H18BrN5O3/c1-8-12(15)9(2)20(17-8)7-5-16-13(21)10(3)19-6-4-11(18-19)14(22)23/h4,6,10H,5,7H2,1-3H3,(H,16,21)(H,22,23). The van der Waals surface area contributed by atoms with Gasteiger partial charge in [-0.25, -0.2) is 4.79 Å². The third-order valence-electron chi connectivity index (χ3n) is 3.52. The Morgan fingerprint density at radius 1 is 1.39 bits per heavy atom. The summed E-state index contributed by atoms with van der Waals surface area (Å²) >= 11 is 3.46. The summed E-state index contributed by atoms with van der Waals surface area (Å²) in [6.07, 6.45) is 1.48. The molecule has 0 saturated carbocycles. The van der Waals surface area contributed by atoms with Crippen molar-refractivity contribution in [3.8, 4) is 0 Å². The first-order valence-corrected chi connectivity index (χ1v) is 7.86. The lowest BCUT2D eigenvalue weighted by molar-refractivity contribution is -0.124. The molecule has 2 aromatic rings. The fourth-order valence-corrected chi connectivity index (χ4v) is 2.40. The summed E-state index contributed by atoms with van der Waals surface area (Å²) in [5, 5.41) is 19.9. The second kappa shape index (κ2) is 6.95. The number of carboxylic acid groups (broad SMARTS) is 1. The summed E-state index contributed by atoms with van der Waals surface area (Å²) in [6, 6.07) is 0.773. The van der Waals surface area contributed by atoms with Crippen molar-refractivity contribution in [3.05, 3.63) is 33.8 Å². The van der Waals surface area contributed by atoms with Crippen LogP contribution >= 0.6 is 15.9 Å². The zero-order valence-corrected chi connectivity index (χ0v) is 14.7. The van der Waals surface area contributed by atoms with Gasteiger partial charge >= 0.3 is 5.97 Å². The largest absolute Gasteiger partial charge is 0.476 e. The zero-order valence-electron chi connectivity index (χ0n) is 13.1. The number of nitrogens with zero attached hydrogens (tertiary/aromatic N) is 4. The molecular formula is C14H18BrN5O3. The number of carbonyl (C=O) groups is 2. The number of halogens is 1. The fraction of sp³-hybridized carbons (Fsp3) is 0.429. The van der Waals surface area contributed by atoms with Gasteiger partial charge in [-0.05, 0) is 42.8 Å². The van der Waals surface area contributed by atoms with Crippen LogP contribution in [-0.2, 0) is 11.3 Å². The average molecular weight is 384 g/mol. The van der Waals surface area contributed by atoms with Crippen LogP contribution in [-0.4, -0.2) is 43.1 Å². The first kappa shape index (κ1) is 17.2. The summed E-state index contributed by atoms with van der Waals surface area (Å²) in [5.74, 6) is -1.35. The lowest BCUT2D eigenvalue weighted by atomic mass is 10.3. The second-order valence-electron chi connectivity index (χ2n) is 5.16. The van der Waals surface area contributed by atoms with Gasteiger partial charge in [0.05, 0.1) is 16.7 Å². The van der Waals surface area contributed by atoms with E-state index in [1.165, 1.54) is 16.9 Å². The van der Waals surface area contributed by atoms with E-state index in [1.54, 1.807) is 6.92 Å². The van der Waals surface area contributed by atoms with Crippen LogP contribution in [0.3, 0.4) is 0 Å². The van der Waals surface area contributed by atoms with Crippen LogP contribution in [0, 0.1) is 13.8 Å². The molecule has 1 amide bonds. The van der Waals surface area contributed by atoms with E-state index in [1.807, 2.05) is 18.5 Å². The van der Waals surface area contributed by atoms with Crippen LogP contribution in [0.2, 0.25) is 0 Å². The van der Waals surface area contributed by atoms with Crippen molar-refractivity contribution >= 4 is 27.8 Å². The highest BCUT2D eigenvalue weighted by Crippen LogP contribution is 2.19. The van der Waals surface area contributed by atoms with Crippen molar-refractivity contribution in [3.63, 3.8) is 0 Å². The minimum absolute atomic E-state index is 0.0860. The van der Waals surface area contributed by atoms with Gasteiger partial charge in [0.15, 0.2) is 5.69 Å². The van der Waals surface area contributed by atoms with Crippen molar-refractivity contribution in [2.24, 2.45) is 0 Å². The Hall–Kier alpha value is -2.16. The number of nitrogens with one attached hydrogen (secondary N) is 1. The van der Waals surface area contributed by atoms with Gasteiger partial charge in [0.2, 0.25) is 5.91 Å². The number of carboxylic acids is 1. The van der Waals surface area contributed by atoms with E-state index < -0.39 is 12.0 Å². The Bertz CT molecular complexity index is 737. The first-order valence-electron chi connectivity index (χ1n) is 7.07. The van der Waals surface area contributed by atoms with Gasteiger partial charge in [0, 0.05) is 18.4 Å². The molecular weight excluding hydrogens is 366 g/mol. The highest BCUT2D eigenvalue weighted by atomic mass is 79.9. The van der Waals surface area contributed by atoms with E-state index in [-0.39, 0.29) is 11.6 Å². The maximum Gasteiger partial charge on any atom is 0.356 e. The van der Waals surface area contributed by atoms with Crippen molar-refractivity contribution in [1.82, 2.24) is 24.9 Å². The summed E-state index contributed by atoms with van der Waals surface area (Å²) in [6.45, 7) is 6.49. The maximum absolute atomic E-state index is 12.1. The number of aromatic carboxylic acids is 1. The van der Waals surface area contributed by atoms with Crippen LogP contribution in [0.5, 0.6) is 0 Å². The Labute approximate surface area is 141 Å². The van der Waals surface area contributed by atoms with E-state index in [4.69, 9.17) is 5.11 Å². The average Bonchev–Trinajstić information content (AvgIpc) is 3.09. The number of aromatic nitrogens is 4. The summed E-state index contributed by atoms with van der Waals surface area (Å²) in [5.41, 5.74) is 1.82. The van der Waals surface area contributed by atoms with Crippen LogP contribution in [0.1, 0.15) is 34.8 Å². The van der Waals surface area contributed by atoms with Gasteiger partial charge in [0.1, 0.15) is 6.04 Å². The van der Waals surface area contributed by atoms with Crippen molar-refractivity contribution in [2.45, 2.75) is 33.4 Å². The van der Waals surface area contributed by atoms with Crippen LogP contribution in [0.4, 0.5) is 0 Å². The molecule has 0 aliphatic rings. The third kappa shape index (κ3) is 3.79. The molecule has 0 fully saturated rings. The Kier molecular flexibility index (Phi) is 5.19. The molecule has 1 atom stereocenters. The van der Waals surface area contributed by atoms with Crippen LogP contribution in [0.25, 0.3) is 0 Å². The smallest absolute Gasteiger partial charge is 0.356 e. The number of rotatable bonds is 6. The Morgan fingerprint density at radius 2 is 2.09 bits per heavy atom. The van der Waals surface area contributed by atoms with Crippen LogP contribution < -0.4 is 5.32 Å². The predicted octanol–water partition coefficient (Wildman–Crippen LogP) is 1.53. The van der Waals surface area contributed by atoms with Gasteiger partial charge in [-0.1, -0.05) is 0 Å². The van der Waals surface area contributed by atoms with E-state index in [0.29, 0.717) is 13.1 Å². The lowest BCUT2D eigenvalue weighted by Crippen LogP contribution is -2.33. The molecule has 0 bridgehead atoms. The van der Waals surface area contributed by atoms with Crippen LogP contribution in [0.15, 0.2) is 16.7 Å². The van der Waals surface area contributed by atoms with Crippen molar-refractivity contribution < 1.29 is 14.7 Å². The number of aryl methyl sites for hydroxylation is 1. The summed E-state index contributed by atoms with van der Waals surface area (Å²) < 4.78 is 4.12. The number of hydrogen-bond acceptors (Lipinski definition) is 4. The molecule has 0 saturated heterocycles. The normalized spacial score (nSPS) is 12.2. The van der Waals surface area contributed by atoms with Gasteiger partial charge in [0.25, 0.3) is 0 Å².